The maximum absolute atomic E-state index is 12.5. The first-order chi connectivity index (χ1) is 9.20. The number of nitrogens with one attached hydrogen (secondary N) is 1. The molecule has 114 valence electrons. The van der Waals surface area contributed by atoms with E-state index in [2.05, 4.69) is 5.32 Å². The predicted molar refractivity (Wildman–Crippen MR) is 69.4 cm³/mol. The molecule has 0 aromatic carbocycles. The van der Waals surface area contributed by atoms with Crippen molar-refractivity contribution < 1.29 is 18.3 Å². The van der Waals surface area contributed by atoms with Crippen LogP contribution in [0.5, 0.6) is 0 Å². The second-order valence-corrected chi connectivity index (χ2v) is 5.11. The summed E-state index contributed by atoms with van der Waals surface area (Å²) in [6.45, 7) is 4.73. The van der Waals surface area contributed by atoms with Crippen LogP contribution in [0.4, 0.5) is 13.2 Å². The molecule has 1 rings (SSSR count). The average molecular weight is 292 g/mol. The molecule has 0 aliphatic carbocycles. The molecule has 0 aliphatic rings. The number of pyridine rings is 1. The van der Waals surface area contributed by atoms with Gasteiger partial charge in [-0.05, 0) is 18.5 Å². The van der Waals surface area contributed by atoms with Crippen molar-refractivity contribution in [2.75, 3.05) is 13.1 Å². The molecule has 0 spiro atoms. The van der Waals surface area contributed by atoms with Gasteiger partial charge in [-0.3, -0.25) is 4.79 Å². The van der Waals surface area contributed by atoms with E-state index in [4.69, 9.17) is 0 Å². The molecule has 1 aromatic rings. The van der Waals surface area contributed by atoms with Gasteiger partial charge in [-0.1, -0.05) is 13.8 Å². The molecule has 0 fully saturated rings. The highest BCUT2D eigenvalue weighted by Gasteiger charge is 2.31. The Morgan fingerprint density at radius 1 is 1.30 bits per heavy atom. The van der Waals surface area contributed by atoms with Crippen LogP contribution in [-0.4, -0.2) is 28.9 Å². The van der Waals surface area contributed by atoms with Crippen LogP contribution in [0.3, 0.4) is 0 Å². The van der Waals surface area contributed by atoms with Crippen LogP contribution in [0.2, 0.25) is 0 Å². The minimum atomic E-state index is -4.50. The smallest absolute Gasteiger partial charge is 0.390 e. The molecule has 7 heteroatoms. The molecule has 2 N–H and O–H groups in total. The van der Waals surface area contributed by atoms with Crippen LogP contribution >= 0.6 is 0 Å². The lowest BCUT2D eigenvalue weighted by Gasteiger charge is -2.16. The summed E-state index contributed by atoms with van der Waals surface area (Å²) >= 11 is 0. The minimum Gasteiger partial charge on any atom is -0.390 e. The van der Waals surface area contributed by atoms with Gasteiger partial charge in [0, 0.05) is 18.8 Å². The zero-order chi connectivity index (χ0) is 15.3. The van der Waals surface area contributed by atoms with Crippen molar-refractivity contribution >= 4 is 0 Å². The standard InChI is InChI=1S/C13H19F3N2O2/c1-9(2)5-17-6-11(19)8-18-7-10(13(14,15)16)3-4-12(18)20/h3-4,7,9,11,17,19H,5-6,8H2,1-2H3. The zero-order valence-corrected chi connectivity index (χ0v) is 11.4. The summed E-state index contributed by atoms with van der Waals surface area (Å²) < 4.78 is 38.5. The molecular formula is C13H19F3N2O2. The Kier molecular flexibility index (Phi) is 5.76. The number of aromatic nitrogens is 1. The van der Waals surface area contributed by atoms with Crippen molar-refractivity contribution in [3.05, 3.63) is 34.2 Å². The second kappa shape index (κ2) is 6.90. The van der Waals surface area contributed by atoms with Crippen LogP contribution in [0.1, 0.15) is 19.4 Å². The maximum Gasteiger partial charge on any atom is 0.417 e. The molecule has 0 amide bonds. The molecule has 0 bridgehead atoms. The van der Waals surface area contributed by atoms with Gasteiger partial charge < -0.3 is 15.0 Å². The second-order valence-electron chi connectivity index (χ2n) is 5.11. The van der Waals surface area contributed by atoms with Gasteiger partial charge in [0.1, 0.15) is 0 Å². The normalized spacial score (nSPS) is 13.8. The van der Waals surface area contributed by atoms with Crippen LogP contribution in [0.25, 0.3) is 0 Å². The van der Waals surface area contributed by atoms with Gasteiger partial charge in [-0.2, -0.15) is 13.2 Å². The summed E-state index contributed by atoms with van der Waals surface area (Å²) in [5.41, 5.74) is -1.47. The number of alkyl halides is 3. The molecule has 1 atom stereocenters. The monoisotopic (exact) mass is 292 g/mol. The van der Waals surface area contributed by atoms with E-state index in [0.717, 1.165) is 22.9 Å². The molecule has 0 radical (unpaired) electrons. The fraction of sp³-hybridized carbons (Fsp3) is 0.615. The highest BCUT2D eigenvalue weighted by Crippen LogP contribution is 2.27. The van der Waals surface area contributed by atoms with Crippen molar-refractivity contribution in [3.63, 3.8) is 0 Å². The van der Waals surface area contributed by atoms with Crippen molar-refractivity contribution in [1.29, 1.82) is 0 Å². The first-order valence-corrected chi connectivity index (χ1v) is 6.36. The van der Waals surface area contributed by atoms with Crippen molar-refractivity contribution in [1.82, 2.24) is 9.88 Å². The largest absolute Gasteiger partial charge is 0.417 e. The Morgan fingerprint density at radius 2 is 1.95 bits per heavy atom. The summed E-state index contributed by atoms with van der Waals surface area (Å²) in [5.74, 6) is 0.401. The third-order valence-corrected chi connectivity index (χ3v) is 2.65. The molecule has 1 heterocycles. The molecule has 20 heavy (non-hydrogen) atoms. The van der Waals surface area contributed by atoms with E-state index in [1.54, 1.807) is 0 Å². The first-order valence-electron chi connectivity index (χ1n) is 6.36. The van der Waals surface area contributed by atoms with Crippen LogP contribution in [-0.2, 0) is 12.7 Å². The molecule has 4 nitrogen and oxygen atoms in total. The number of hydrogen-bond acceptors (Lipinski definition) is 3. The first kappa shape index (κ1) is 16.7. The van der Waals surface area contributed by atoms with Crippen molar-refractivity contribution in [2.24, 2.45) is 5.92 Å². The number of nitrogens with zero attached hydrogens (tertiary/aromatic N) is 1. The topological polar surface area (TPSA) is 54.3 Å². The summed E-state index contributed by atoms with van der Waals surface area (Å²) in [5, 5.41) is 12.7. The van der Waals surface area contributed by atoms with Gasteiger partial charge in [0.2, 0.25) is 0 Å². The Balaban J connectivity index is 2.69. The van der Waals surface area contributed by atoms with Crippen LogP contribution < -0.4 is 10.9 Å². The highest BCUT2D eigenvalue weighted by atomic mass is 19.4. The number of halogens is 3. The Morgan fingerprint density at radius 3 is 2.50 bits per heavy atom. The van der Waals surface area contributed by atoms with Crippen molar-refractivity contribution in [2.45, 2.75) is 32.7 Å². The van der Waals surface area contributed by atoms with Gasteiger partial charge in [-0.15, -0.1) is 0 Å². The number of rotatable bonds is 6. The minimum absolute atomic E-state index is 0.173. The average Bonchev–Trinajstić information content (AvgIpc) is 2.30. The third kappa shape index (κ3) is 5.34. The molecule has 0 aliphatic heterocycles. The van der Waals surface area contributed by atoms with Crippen molar-refractivity contribution in [3.8, 4) is 0 Å². The molecule has 1 unspecified atom stereocenters. The van der Waals surface area contributed by atoms with Gasteiger partial charge in [0.05, 0.1) is 18.2 Å². The quantitative estimate of drug-likeness (QED) is 0.835. The highest BCUT2D eigenvalue weighted by molar-refractivity contribution is 5.13. The van der Waals surface area contributed by atoms with Crippen LogP contribution in [0.15, 0.2) is 23.1 Å². The third-order valence-electron chi connectivity index (χ3n) is 2.65. The molecule has 0 saturated heterocycles. The van der Waals surface area contributed by atoms with Gasteiger partial charge in [-0.25, -0.2) is 0 Å². The SMILES string of the molecule is CC(C)CNCC(O)Cn1cc(C(F)(F)F)ccc1=O. The number of aliphatic hydroxyl groups excluding tert-OH is 1. The number of hydrogen-bond donors (Lipinski definition) is 2. The zero-order valence-electron chi connectivity index (χ0n) is 11.4. The Labute approximate surface area is 115 Å². The molecule has 1 aromatic heterocycles. The summed E-state index contributed by atoms with van der Waals surface area (Å²) in [6, 6.07) is 1.60. The lowest BCUT2D eigenvalue weighted by Crippen LogP contribution is -2.35. The van der Waals surface area contributed by atoms with E-state index >= 15 is 0 Å². The summed E-state index contributed by atoms with van der Waals surface area (Å²) in [7, 11) is 0. The van der Waals surface area contributed by atoms with E-state index in [0.29, 0.717) is 12.5 Å². The molecule has 0 saturated carbocycles. The van der Waals surface area contributed by atoms with E-state index < -0.39 is 23.4 Å². The van der Waals surface area contributed by atoms with Gasteiger partial charge in [0.25, 0.3) is 5.56 Å². The van der Waals surface area contributed by atoms with E-state index in [1.165, 1.54) is 0 Å². The van der Waals surface area contributed by atoms with Crippen LogP contribution in [0, 0.1) is 5.92 Å². The van der Waals surface area contributed by atoms with E-state index in [1.807, 2.05) is 13.8 Å². The fourth-order valence-corrected chi connectivity index (χ4v) is 1.67. The predicted octanol–water partition coefficient (Wildman–Crippen LogP) is 1.47. The maximum atomic E-state index is 12.5. The number of aliphatic hydroxyl groups is 1. The van der Waals surface area contributed by atoms with Gasteiger partial charge in [0.15, 0.2) is 0 Å². The van der Waals surface area contributed by atoms with Gasteiger partial charge >= 0.3 is 6.18 Å². The Bertz CT molecular complexity index is 483. The fourth-order valence-electron chi connectivity index (χ4n) is 1.67. The molecular weight excluding hydrogens is 273 g/mol. The van der Waals surface area contributed by atoms with E-state index in [9.17, 15) is 23.1 Å². The Hall–Kier alpha value is -1.34. The summed E-state index contributed by atoms with van der Waals surface area (Å²) in [4.78, 5) is 11.5. The lowest BCUT2D eigenvalue weighted by molar-refractivity contribution is -0.138. The lowest BCUT2D eigenvalue weighted by atomic mass is 10.2. The van der Waals surface area contributed by atoms with E-state index in [-0.39, 0.29) is 13.1 Å². The summed E-state index contributed by atoms with van der Waals surface area (Å²) in [6.07, 6.45) is -4.69.